The molecule has 2 fully saturated rings. The molecule has 1 heterocycles. The minimum Gasteiger partial charge on any atom is -0.396 e. The van der Waals surface area contributed by atoms with Gasteiger partial charge in [0.1, 0.15) is 30.5 Å². The monoisotopic (exact) mass is 381 g/mol. The fourth-order valence-corrected chi connectivity index (χ4v) is 3.47. The lowest BCUT2D eigenvalue weighted by Crippen LogP contribution is -2.65. The topological polar surface area (TPSA) is 189 Å². The van der Waals surface area contributed by atoms with Crippen LogP contribution in [0.25, 0.3) is 0 Å². The first-order chi connectivity index (χ1) is 12.2. The third kappa shape index (κ3) is 4.32. The van der Waals surface area contributed by atoms with E-state index < -0.39 is 80.1 Å². The molecule has 0 bridgehead atoms. The lowest BCUT2D eigenvalue weighted by molar-refractivity contribution is -0.305. The van der Waals surface area contributed by atoms with Crippen molar-refractivity contribution >= 4 is 5.91 Å². The van der Waals surface area contributed by atoms with Gasteiger partial charge in [0.05, 0.1) is 24.9 Å². The molecule has 10 atom stereocenters. The Morgan fingerprint density at radius 2 is 1.69 bits per heavy atom. The van der Waals surface area contributed by atoms with Gasteiger partial charge in [-0.15, -0.1) is 0 Å². The Balaban J connectivity index is 2.22. The van der Waals surface area contributed by atoms with Crippen LogP contribution in [0.15, 0.2) is 0 Å². The molecule has 26 heavy (non-hydrogen) atoms. The molecule has 1 saturated heterocycles. The first-order valence-electron chi connectivity index (χ1n) is 8.41. The Labute approximate surface area is 149 Å². The highest BCUT2D eigenvalue weighted by Gasteiger charge is 2.49. The number of aliphatic hydroxyl groups excluding tert-OH is 7. The molecule has 11 nitrogen and oxygen atoms in total. The van der Waals surface area contributed by atoms with Crippen LogP contribution >= 0.6 is 0 Å². The molecule has 2 rings (SSSR count). The zero-order chi connectivity index (χ0) is 19.6. The summed E-state index contributed by atoms with van der Waals surface area (Å²) in [5.41, 5.74) is 0. The molecule has 1 amide bonds. The van der Waals surface area contributed by atoms with Gasteiger partial charge in [0.15, 0.2) is 6.29 Å². The van der Waals surface area contributed by atoms with Gasteiger partial charge >= 0.3 is 0 Å². The fourth-order valence-electron chi connectivity index (χ4n) is 3.47. The van der Waals surface area contributed by atoms with Crippen molar-refractivity contribution in [2.45, 2.75) is 68.4 Å². The maximum absolute atomic E-state index is 11.4. The number of carbonyl (C=O) groups is 1. The number of carbonyl (C=O) groups excluding carboxylic acids is 1. The number of aliphatic hydroxyl groups is 7. The summed E-state index contributed by atoms with van der Waals surface area (Å²) in [4.78, 5) is 11.4. The SMILES string of the molecule is CC(=O)N[C@@H]1[C@@H](O)[C@H](O)[C@@H](CO)C[C@H]1O[C@H]1[C@H](O)[C@H](O)C(O)O[C@@H]1CO. The Morgan fingerprint density at radius 1 is 1.04 bits per heavy atom. The van der Waals surface area contributed by atoms with E-state index in [1.54, 1.807) is 0 Å². The summed E-state index contributed by atoms with van der Waals surface area (Å²) in [6, 6.07) is -1.05. The van der Waals surface area contributed by atoms with Crippen LogP contribution in [0.3, 0.4) is 0 Å². The number of nitrogens with one attached hydrogen (secondary N) is 1. The van der Waals surface area contributed by atoms with Crippen LogP contribution in [0, 0.1) is 5.92 Å². The number of hydrogen-bond acceptors (Lipinski definition) is 10. The van der Waals surface area contributed by atoms with Crippen molar-refractivity contribution in [3.63, 3.8) is 0 Å². The lowest BCUT2D eigenvalue weighted by atomic mass is 9.79. The van der Waals surface area contributed by atoms with E-state index in [0.29, 0.717) is 0 Å². The van der Waals surface area contributed by atoms with E-state index in [0.717, 1.165) is 0 Å². The standard InChI is InChI=1S/C15H27NO10/c1-5(19)16-9-7(2-6(3-17)10(20)11(9)21)25-14-8(4-18)26-15(24)13(23)12(14)22/h6-15,17-18,20-24H,2-4H2,1H3,(H,16,19)/t6-,7-,8-,9+,10-,11-,12-,13+,14-,15?/m1/s1. The van der Waals surface area contributed by atoms with Crippen LogP contribution in [0.4, 0.5) is 0 Å². The van der Waals surface area contributed by atoms with Gasteiger partial charge in [-0.2, -0.15) is 0 Å². The van der Waals surface area contributed by atoms with Crippen molar-refractivity contribution in [2.24, 2.45) is 5.92 Å². The third-order valence-electron chi connectivity index (χ3n) is 4.91. The van der Waals surface area contributed by atoms with E-state index in [1.807, 2.05) is 0 Å². The summed E-state index contributed by atoms with van der Waals surface area (Å²) in [5, 5.41) is 71.1. The van der Waals surface area contributed by atoms with E-state index in [4.69, 9.17) is 9.47 Å². The molecular formula is C15H27NO10. The molecule has 1 unspecified atom stereocenters. The molecule has 11 heteroatoms. The van der Waals surface area contributed by atoms with Crippen molar-refractivity contribution in [1.82, 2.24) is 5.32 Å². The van der Waals surface area contributed by atoms with Gasteiger partial charge in [0.2, 0.25) is 5.91 Å². The summed E-state index contributed by atoms with van der Waals surface area (Å²) in [5.74, 6) is -1.24. The zero-order valence-corrected chi connectivity index (χ0v) is 14.3. The summed E-state index contributed by atoms with van der Waals surface area (Å²) in [7, 11) is 0. The van der Waals surface area contributed by atoms with Crippen molar-refractivity contribution in [2.75, 3.05) is 13.2 Å². The van der Waals surface area contributed by atoms with E-state index >= 15 is 0 Å². The Kier molecular flexibility index (Phi) is 7.30. The smallest absolute Gasteiger partial charge is 0.217 e. The van der Waals surface area contributed by atoms with Crippen molar-refractivity contribution in [3.05, 3.63) is 0 Å². The second-order valence-corrected chi connectivity index (χ2v) is 6.75. The van der Waals surface area contributed by atoms with Gasteiger partial charge in [-0.25, -0.2) is 0 Å². The van der Waals surface area contributed by atoms with E-state index in [1.165, 1.54) is 6.92 Å². The van der Waals surface area contributed by atoms with Crippen LogP contribution in [0.2, 0.25) is 0 Å². The maximum Gasteiger partial charge on any atom is 0.217 e. The molecule has 0 spiro atoms. The van der Waals surface area contributed by atoms with Crippen molar-refractivity contribution in [1.29, 1.82) is 0 Å². The summed E-state index contributed by atoms with van der Waals surface area (Å²) < 4.78 is 10.7. The molecule has 2 aliphatic rings. The zero-order valence-electron chi connectivity index (χ0n) is 14.3. The molecule has 0 aromatic heterocycles. The molecule has 1 aliphatic heterocycles. The Bertz CT molecular complexity index is 477. The first kappa shape index (κ1) is 21.4. The van der Waals surface area contributed by atoms with Gasteiger partial charge in [0.25, 0.3) is 0 Å². The van der Waals surface area contributed by atoms with Gasteiger partial charge in [0, 0.05) is 19.4 Å². The third-order valence-corrected chi connectivity index (χ3v) is 4.91. The van der Waals surface area contributed by atoms with Crippen LogP contribution in [0.1, 0.15) is 13.3 Å². The molecule has 0 aromatic rings. The number of rotatable bonds is 5. The molecule has 0 radical (unpaired) electrons. The second kappa shape index (κ2) is 8.87. The maximum atomic E-state index is 11.4. The van der Waals surface area contributed by atoms with Gasteiger partial charge in [-0.05, 0) is 6.42 Å². The number of amides is 1. The summed E-state index contributed by atoms with van der Waals surface area (Å²) in [6.45, 7) is 0.139. The lowest BCUT2D eigenvalue weighted by Gasteiger charge is -2.46. The predicted octanol–water partition coefficient (Wildman–Crippen LogP) is -4.59. The summed E-state index contributed by atoms with van der Waals surface area (Å²) >= 11 is 0. The highest BCUT2D eigenvalue weighted by molar-refractivity contribution is 5.73. The fraction of sp³-hybridized carbons (Fsp3) is 0.933. The highest BCUT2D eigenvalue weighted by Crippen LogP contribution is 2.31. The van der Waals surface area contributed by atoms with Crippen molar-refractivity contribution < 1.29 is 50.0 Å². The normalized spacial score (nSPS) is 46.8. The molecule has 0 aromatic carbocycles. The largest absolute Gasteiger partial charge is 0.396 e. The number of hydrogen-bond donors (Lipinski definition) is 8. The van der Waals surface area contributed by atoms with Crippen LogP contribution < -0.4 is 5.32 Å². The number of ether oxygens (including phenoxy) is 2. The average Bonchev–Trinajstić information content (AvgIpc) is 2.60. The van der Waals surface area contributed by atoms with Gasteiger partial charge < -0.3 is 50.5 Å². The summed E-state index contributed by atoms with van der Waals surface area (Å²) in [6.07, 6.45) is -11.1. The quantitative estimate of drug-likeness (QED) is 0.230. The first-order valence-corrected chi connectivity index (χ1v) is 8.41. The van der Waals surface area contributed by atoms with E-state index in [2.05, 4.69) is 5.32 Å². The van der Waals surface area contributed by atoms with Crippen LogP contribution in [0.5, 0.6) is 0 Å². The molecular weight excluding hydrogens is 354 g/mol. The molecule has 8 N–H and O–H groups in total. The van der Waals surface area contributed by atoms with E-state index in [9.17, 15) is 40.5 Å². The van der Waals surface area contributed by atoms with Gasteiger partial charge in [-0.3, -0.25) is 4.79 Å². The Morgan fingerprint density at radius 3 is 2.23 bits per heavy atom. The van der Waals surface area contributed by atoms with E-state index in [-0.39, 0.29) is 6.42 Å². The minimum absolute atomic E-state index is 0.0275. The highest BCUT2D eigenvalue weighted by atomic mass is 16.7. The van der Waals surface area contributed by atoms with Crippen LogP contribution in [-0.4, -0.2) is 110 Å². The molecule has 1 aliphatic carbocycles. The minimum atomic E-state index is -1.71. The Hall–Kier alpha value is -0.890. The van der Waals surface area contributed by atoms with Crippen molar-refractivity contribution in [3.8, 4) is 0 Å². The second-order valence-electron chi connectivity index (χ2n) is 6.75. The average molecular weight is 381 g/mol. The molecule has 152 valence electrons. The van der Waals surface area contributed by atoms with Crippen LogP contribution in [-0.2, 0) is 14.3 Å². The predicted molar refractivity (Wildman–Crippen MR) is 83.5 cm³/mol. The molecule has 1 saturated carbocycles. The van der Waals surface area contributed by atoms with Gasteiger partial charge in [-0.1, -0.05) is 0 Å².